The largest absolute Gasteiger partial charge is 0.0825 e. The Balaban J connectivity index is 4.04. The molecule has 0 rings (SSSR count). The van der Waals surface area contributed by atoms with Gasteiger partial charge in [0.25, 0.3) is 0 Å². The van der Waals surface area contributed by atoms with Gasteiger partial charge >= 0.3 is 0 Å². The van der Waals surface area contributed by atoms with Gasteiger partial charge in [-0.2, -0.15) is 0 Å². The minimum absolute atomic E-state index is 0.706. The molecule has 0 atom stereocenters. The van der Waals surface area contributed by atoms with Crippen molar-refractivity contribution in [2.75, 3.05) is 0 Å². The Bertz CT molecular complexity index is 107. The van der Waals surface area contributed by atoms with Crippen LogP contribution in [-0.4, -0.2) is 0 Å². The van der Waals surface area contributed by atoms with E-state index in [9.17, 15) is 0 Å². The highest BCUT2D eigenvalue weighted by atomic mass is 14.1. The van der Waals surface area contributed by atoms with Gasteiger partial charge in [0.2, 0.25) is 0 Å². The third-order valence-electron chi connectivity index (χ3n) is 1.70. The molecule has 0 fully saturated rings. The number of hydrogen-bond donors (Lipinski definition) is 0. The maximum atomic E-state index is 2.38. The van der Waals surface area contributed by atoms with Crippen LogP contribution in [0.1, 0.15) is 41.0 Å². The zero-order valence-electron chi connectivity index (χ0n) is 7.94. The first-order chi connectivity index (χ1) is 4.57. The zero-order valence-corrected chi connectivity index (χ0v) is 7.94. The van der Waals surface area contributed by atoms with Crippen molar-refractivity contribution in [1.82, 2.24) is 0 Å². The van der Waals surface area contributed by atoms with E-state index in [1.165, 1.54) is 6.42 Å². The standard InChI is InChI=1S/C10H20/c1-6-10(9(4)5)7-8(2)3/h7-9H,6H2,1-5H3/b10-7+. The van der Waals surface area contributed by atoms with E-state index in [-0.39, 0.29) is 0 Å². The molecule has 0 spiro atoms. The average Bonchev–Trinajstić information content (AvgIpc) is 1.81. The minimum atomic E-state index is 0.706. The van der Waals surface area contributed by atoms with Crippen molar-refractivity contribution >= 4 is 0 Å². The second-order valence-corrected chi connectivity index (χ2v) is 3.49. The average molecular weight is 140 g/mol. The second-order valence-electron chi connectivity index (χ2n) is 3.49. The molecular weight excluding hydrogens is 120 g/mol. The van der Waals surface area contributed by atoms with Gasteiger partial charge in [0.05, 0.1) is 0 Å². The van der Waals surface area contributed by atoms with Crippen LogP contribution in [0.4, 0.5) is 0 Å². The van der Waals surface area contributed by atoms with Gasteiger partial charge in [0, 0.05) is 0 Å². The normalized spacial score (nSPS) is 13.3. The molecule has 0 radical (unpaired) electrons. The van der Waals surface area contributed by atoms with Crippen LogP contribution in [0.2, 0.25) is 0 Å². The van der Waals surface area contributed by atoms with E-state index in [0.717, 1.165) is 5.92 Å². The van der Waals surface area contributed by atoms with Gasteiger partial charge in [-0.25, -0.2) is 0 Å². The van der Waals surface area contributed by atoms with Gasteiger partial charge < -0.3 is 0 Å². The Labute approximate surface area is 65.3 Å². The van der Waals surface area contributed by atoms with Gasteiger partial charge in [0.15, 0.2) is 0 Å². The summed E-state index contributed by atoms with van der Waals surface area (Å²) in [6.07, 6.45) is 3.58. The van der Waals surface area contributed by atoms with Crippen LogP contribution >= 0.6 is 0 Å². The number of allylic oxidation sites excluding steroid dienone is 2. The summed E-state index contributed by atoms with van der Waals surface area (Å²) in [5.74, 6) is 1.43. The zero-order chi connectivity index (χ0) is 8.15. The van der Waals surface area contributed by atoms with Crippen molar-refractivity contribution in [1.29, 1.82) is 0 Å². The fraction of sp³-hybridized carbons (Fsp3) is 0.800. The van der Waals surface area contributed by atoms with E-state index in [1.807, 2.05) is 0 Å². The van der Waals surface area contributed by atoms with Crippen LogP contribution in [0, 0.1) is 11.8 Å². The lowest BCUT2D eigenvalue weighted by Gasteiger charge is -2.09. The van der Waals surface area contributed by atoms with E-state index in [0.29, 0.717) is 5.92 Å². The van der Waals surface area contributed by atoms with Gasteiger partial charge in [0.1, 0.15) is 0 Å². The molecule has 0 nitrogen and oxygen atoms in total. The molecule has 60 valence electrons. The third kappa shape index (κ3) is 3.71. The Morgan fingerprint density at radius 2 is 1.70 bits per heavy atom. The molecule has 0 saturated heterocycles. The second kappa shape index (κ2) is 4.54. The summed E-state index contributed by atoms with van der Waals surface area (Å²) < 4.78 is 0. The molecule has 0 aromatic carbocycles. The summed E-state index contributed by atoms with van der Waals surface area (Å²) in [7, 11) is 0. The van der Waals surface area contributed by atoms with Crippen LogP contribution in [0.25, 0.3) is 0 Å². The fourth-order valence-corrected chi connectivity index (χ4v) is 1.15. The van der Waals surface area contributed by atoms with Crippen molar-refractivity contribution < 1.29 is 0 Å². The van der Waals surface area contributed by atoms with E-state index in [2.05, 4.69) is 40.7 Å². The van der Waals surface area contributed by atoms with Crippen LogP contribution in [-0.2, 0) is 0 Å². The van der Waals surface area contributed by atoms with E-state index in [1.54, 1.807) is 5.57 Å². The Morgan fingerprint density at radius 3 is 1.80 bits per heavy atom. The molecule has 0 aromatic heterocycles. The molecule has 0 heterocycles. The van der Waals surface area contributed by atoms with Crippen molar-refractivity contribution in [3.8, 4) is 0 Å². The number of hydrogen-bond acceptors (Lipinski definition) is 0. The van der Waals surface area contributed by atoms with E-state index >= 15 is 0 Å². The molecule has 0 bridgehead atoms. The molecule has 0 N–H and O–H groups in total. The van der Waals surface area contributed by atoms with Crippen molar-refractivity contribution in [2.24, 2.45) is 11.8 Å². The lowest BCUT2D eigenvalue weighted by atomic mass is 9.97. The van der Waals surface area contributed by atoms with Gasteiger partial charge in [-0.05, 0) is 18.3 Å². The monoisotopic (exact) mass is 140 g/mol. The highest BCUT2D eigenvalue weighted by Gasteiger charge is 2.00. The van der Waals surface area contributed by atoms with Crippen molar-refractivity contribution in [3.63, 3.8) is 0 Å². The molecular formula is C10H20. The van der Waals surface area contributed by atoms with E-state index < -0.39 is 0 Å². The first-order valence-corrected chi connectivity index (χ1v) is 4.28. The molecule has 0 aliphatic rings. The highest BCUT2D eigenvalue weighted by molar-refractivity contribution is 5.04. The molecule has 0 unspecified atom stereocenters. The molecule has 10 heavy (non-hydrogen) atoms. The summed E-state index contributed by atoms with van der Waals surface area (Å²) in [5.41, 5.74) is 1.59. The Morgan fingerprint density at radius 1 is 1.20 bits per heavy atom. The van der Waals surface area contributed by atoms with Crippen molar-refractivity contribution in [3.05, 3.63) is 11.6 Å². The maximum absolute atomic E-state index is 2.38. The maximum Gasteiger partial charge on any atom is -0.0260 e. The predicted molar refractivity (Wildman–Crippen MR) is 48.1 cm³/mol. The van der Waals surface area contributed by atoms with Crippen LogP contribution in [0.5, 0.6) is 0 Å². The van der Waals surface area contributed by atoms with Gasteiger partial charge in [-0.1, -0.05) is 46.3 Å². The van der Waals surface area contributed by atoms with Crippen LogP contribution in [0.15, 0.2) is 11.6 Å². The molecule has 0 aliphatic heterocycles. The predicted octanol–water partition coefficient (Wildman–Crippen LogP) is 3.63. The van der Waals surface area contributed by atoms with Crippen LogP contribution in [0.3, 0.4) is 0 Å². The summed E-state index contributed by atoms with van der Waals surface area (Å²) >= 11 is 0. The summed E-state index contributed by atoms with van der Waals surface area (Å²) in [6.45, 7) is 11.2. The lowest BCUT2D eigenvalue weighted by Crippen LogP contribution is -1.94. The minimum Gasteiger partial charge on any atom is -0.0825 e. The first kappa shape index (κ1) is 9.74. The Hall–Kier alpha value is -0.260. The molecule has 0 heteroatoms. The van der Waals surface area contributed by atoms with E-state index in [4.69, 9.17) is 0 Å². The smallest absolute Gasteiger partial charge is 0.0260 e. The number of rotatable bonds is 3. The topological polar surface area (TPSA) is 0 Å². The quantitative estimate of drug-likeness (QED) is 0.525. The molecule has 0 saturated carbocycles. The van der Waals surface area contributed by atoms with Crippen molar-refractivity contribution in [2.45, 2.75) is 41.0 Å². The summed E-state index contributed by atoms with van der Waals surface area (Å²) in [6, 6.07) is 0. The SMILES string of the molecule is CC/C(=C\C(C)C)C(C)C. The summed E-state index contributed by atoms with van der Waals surface area (Å²) in [4.78, 5) is 0. The summed E-state index contributed by atoms with van der Waals surface area (Å²) in [5, 5.41) is 0. The molecule has 0 amide bonds. The first-order valence-electron chi connectivity index (χ1n) is 4.28. The van der Waals surface area contributed by atoms with Crippen LogP contribution < -0.4 is 0 Å². The Kier molecular flexibility index (Phi) is 4.42. The highest BCUT2D eigenvalue weighted by Crippen LogP contribution is 2.15. The lowest BCUT2D eigenvalue weighted by molar-refractivity contribution is 0.700. The van der Waals surface area contributed by atoms with Gasteiger partial charge in [-0.3, -0.25) is 0 Å². The molecule has 0 aliphatic carbocycles. The third-order valence-corrected chi connectivity index (χ3v) is 1.70. The fourth-order valence-electron chi connectivity index (χ4n) is 1.15. The molecule has 0 aromatic rings. The van der Waals surface area contributed by atoms with Gasteiger partial charge in [-0.15, -0.1) is 0 Å².